The van der Waals surface area contributed by atoms with Gasteiger partial charge >= 0.3 is 36.1 Å². The summed E-state index contributed by atoms with van der Waals surface area (Å²) < 4.78 is 169. The maximum absolute atomic E-state index is 15.1. The number of nitro benzene ring substituents is 2. The first-order chi connectivity index (χ1) is 22.3. The van der Waals surface area contributed by atoms with Crippen molar-refractivity contribution in [1.29, 1.82) is 0 Å². The standard InChI is InChI=1S/C29H14F12N2O6/c30-26(31,32)15-5-1-13(2-6-15)19-9-17(11-21(23(19)44)42(46)47)25(28(36,37)38,29(39,40)41)18-10-20(24(45)22(12-18)43(48)49)14-3-7-16(8-4-14)27(33,34)35/h1-12,44-45H. The molecule has 0 unspecified atom stereocenters. The summed E-state index contributed by atoms with van der Waals surface area (Å²) in [5, 5.41) is 44.5. The van der Waals surface area contributed by atoms with E-state index in [-0.39, 0.29) is 24.3 Å². The molecular formula is C29H14F12N2O6. The number of nitrogens with zero attached hydrogens (tertiary/aromatic N) is 2. The Hall–Kier alpha value is -5.56. The van der Waals surface area contributed by atoms with Gasteiger partial charge in [0.2, 0.25) is 16.9 Å². The molecule has 260 valence electrons. The number of hydrogen-bond acceptors (Lipinski definition) is 6. The van der Waals surface area contributed by atoms with Crippen LogP contribution in [-0.4, -0.2) is 32.4 Å². The van der Waals surface area contributed by atoms with E-state index >= 15 is 26.3 Å². The summed E-state index contributed by atoms with van der Waals surface area (Å²) in [5.74, 6) is -3.12. The maximum Gasteiger partial charge on any atom is 0.416 e. The Balaban J connectivity index is 2.17. The van der Waals surface area contributed by atoms with Crippen LogP contribution in [0.3, 0.4) is 0 Å². The molecule has 4 rings (SSSR count). The summed E-state index contributed by atoms with van der Waals surface area (Å²) >= 11 is 0. The van der Waals surface area contributed by atoms with Crippen LogP contribution in [0.4, 0.5) is 64.1 Å². The number of halogens is 12. The predicted molar refractivity (Wildman–Crippen MR) is 143 cm³/mol. The van der Waals surface area contributed by atoms with Crippen LogP contribution in [0.2, 0.25) is 0 Å². The minimum Gasteiger partial charge on any atom is -0.502 e. The van der Waals surface area contributed by atoms with E-state index in [1.165, 1.54) is 0 Å². The SMILES string of the molecule is O=[N+]([O-])c1cc(C(c2cc(-c3ccc(C(F)(F)F)cc3)c(O)c([N+](=O)[O-])c2)(C(F)(F)F)C(F)(F)F)cc(-c2ccc(C(F)(F)F)cc2)c1O. The van der Waals surface area contributed by atoms with Crippen LogP contribution < -0.4 is 0 Å². The predicted octanol–water partition coefficient (Wildman–Crippen LogP) is 9.70. The second-order valence-electron chi connectivity index (χ2n) is 10.2. The largest absolute Gasteiger partial charge is 0.502 e. The topological polar surface area (TPSA) is 127 Å². The van der Waals surface area contributed by atoms with Gasteiger partial charge in [-0.1, -0.05) is 24.3 Å². The van der Waals surface area contributed by atoms with E-state index in [1.807, 2.05) is 0 Å². The molecule has 0 fully saturated rings. The molecule has 0 aliphatic carbocycles. The van der Waals surface area contributed by atoms with Crippen LogP contribution in [0, 0.1) is 20.2 Å². The zero-order valence-corrected chi connectivity index (χ0v) is 23.4. The Morgan fingerprint density at radius 3 is 0.980 bits per heavy atom. The minimum absolute atomic E-state index is 0.0671. The molecule has 49 heavy (non-hydrogen) atoms. The summed E-state index contributed by atoms with van der Waals surface area (Å²) in [6.07, 6.45) is -23.2. The lowest BCUT2D eigenvalue weighted by atomic mass is 9.71. The van der Waals surface area contributed by atoms with Crippen molar-refractivity contribution in [1.82, 2.24) is 0 Å². The van der Waals surface area contributed by atoms with E-state index in [1.54, 1.807) is 0 Å². The number of rotatable bonds is 6. The van der Waals surface area contributed by atoms with E-state index in [9.17, 15) is 56.8 Å². The molecule has 0 aliphatic heterocycles. The third-order valence-electron chi connectivity index (χ3n) is 7.34. The second-order valence-corrected chi connectivity index (χ2v) is 10.2. The van der Waals surface area contributed by atoms with Crippen molar-refractivity contribution in [2.75, 3.05) is 0 Å². The highest BCUT2D eigenvalue weighted by molar-refractivity contribution is 5.80. The quantitative estimate of drug-likeness (QED) is 0.116. The monoisotopic (exact) mass is 714 g/mol. The highest BCUT2D eigenvalue weighted by atomic mass is 19.4. The van der Waals surface area contributed by atoms with Crippen LogP contribution in [0.1, 0.15) is 22.3 Å². The summed E-state index contributed by atoms with van der Waals surface area (Å²) in [6.45, 7) is 0. The molecule has 4 aromatic carbocycles. The first-order valence-corrected chi connectivity index (χ1v) is 12.8. The van der Waals surface area contributed by atoms with Gasteiger partial charge in [-0.05, 0) is 58.7 Å². The molecule has 2 N–H and O–H groups in total. The molecule has 0 bridgehead atoms. The molecule has 0 radical (unpaired) electrons. The first kappa shape index (κ1) is 36.3. The Bertz CT molecular complexity index is 1790. The van der Waals surface area contributed by atoms with E-state index in [4.69, 9.17) is 0 Å². The third-order valence-corrected chi connectivity index (χ3v) is 7.34. The third kappa shape index (κ3) is 6.36. The number of nitro groups is 2. The maximum atomic E-state index is 15.1. The molecule has 0 amide bonds. The van der Waals surface area contributed by atoms with Crippen molar-refractivity contribution in [2.45, 2.75) is 30.1 Å². The van der Waals surface area contributed by atoms with Gasteiger partial charge in [0.25, 0.3) is 0 Å². The van der Waals surface area contributed by atoms with Crippen LogP contribution in [0.25, 0.3) is 22.3 Å². The number of phenols is 2. The van der Waals surface area contributed by atoms with Crippen molar-refractivity contribution in [3.8, 4) is 33.8 Å². The van der Waals surface area contributed by atoms with Gasteiger partial charge in [-0.3, -0.25) is 20.2 Å². The Kier molecular flexibility index (Phi) is 8.77. The molecule has 0 atom stereocenters. The van der Waals surface area contributed by atoms with Gasteiger partial charge in [-0.2, -0.15) is 52.7 Å². The highest BCUT2D eigenvalue weighted by Gasteiger charge is 2.73. The summed E-state index contributed by atoms with van der Waals surface area (Å²) in [6, 6.07) is 2.38. The lowest BCUT2D eigenvalue weighted by Crippen LogP contribution is -2.54. The van der Waals surface area contributed by atoms with E-state index in [0.29, 0.717) is 48.5 Å². The fourth-order valence-electron chi connectivity index (χ4n) is 5.05. The smallest absolute Gasteiger partial charge is 0.416 e. The molecular weight excluding hydrogens is 700 g/mol. The fourth-order valence-corrected chi connectivity index (χ4v) is 5.05. The average Bonchev–Trinajstić information content (AvgIpc) is 2.96. The Morgan fingerprint density at radius 1 is 0.469 bits per heavy atom. The zero-order valence-electron chi connectivity index (χ0n) is 23.4. The molecule has 0 aromatic heterocycles. The minimum atomic E-state index is -6.63. The van der Waals surface area contributed by atoms with Crippen LogP contribution in [0.5, 0.6) is 11.5 Å². The molecule has 0 aliphatic rings. The van der Waals surface area contributed by atoms with Gasteiger partial charge in [-0.25, -0.2) is 0 Å². The normalized spacial score (nSPS) is 13.0. The van der Waals surface area contributed by atoms with Crippen molar-refractivity contribution < 1.29 is 72.7 Å². The van der Waals surface area contributed by atoms with Crippen LogP contribution in [0.15, 0.2) is 72.8 Å². The number of phenolic OH excluding ortho intramolecular Hbond substituents is 2. The summed E-state index contributed by atoms with van der Waals surface area (Å²) in [5.41, 5.74) is -19.8. The zero-order chi connectivity index (χ0) is 37.1. The van der Waals surface area contributed by atoms with Crippen molar-refractivity contribution in [2.24, 2.45) is 0 Å². The van der Waals surface area contributed by atoms with E-state index in [0.717, 1.165) is 0 Å². The molecule has 0 heterocycles. The molecule has 20 heteroatoms. The van der Waals surface area contributed by atoms with Gasteiger partial charge in [0.1, 0.15) is 0 Å². The van der Waals surface area contributed by atoms with E-state index in [2.05, 4.69) is 0 Å². The Morgan fingerprint density at radius 2 is 0.755 bits per heavy atom. The Labute approximate surface area is 263 Å². The van der Waals surface area contributed by atoms with Crippen LogP contribution >= 0.6 is 0 Å². The lowest BCUT2D eigenvalue weighted by Gasteiger charge is -2.38. The summed E-state index contributed by atoms with van der Waals surface area (Å²) in [4.78, 5) is 20.3. The number of hydrogen-bond donors (Lipinski definition) is 2. The van der Waals surface area contributed by atoms with Crippen LogP contribution in [-0.2, 0) is 17.8 Å². The number of aromatic hydroxyl groups is 2. The number of alkyl halides is 12. The summed E-state index contributed by atoms with van der Waals surface area (Å²) in [7, 11) is 0. The van der Waals surface area contributed by atoms with Gasteiger partial charge in [-0.15, -0.1) is 0 Å². The van der Waals surface area contributed by atoms with Crippen molar-refractivity contribution in [3.05, 3.63) is 115 Å². The molecule has 8 nitrogen and oxygen atoms in total. The molecule has 0 saturated carbocycles. The number of benzene rings is 4. The van der Waals surface area contributed by atoms with E-state index < -0.39 is 107 Å². The second kappa shape index (κ2) is 11.8. The first-order valence-electron chi connectivity index (χ1n) is 12.8. The lowest BCUT2D eigenvalue weighted by molar-refractivity contribution is -0.386. The van der Waals surface area contributed by atoms with Gasteiger partial charge < -0.3 is 10.2 Å². The molecule has 0 spiro atoms. The average molecular weight is 714 g/mol. The highest BCUT2D eigenvalue weighted by Crippen LogP contribution is 2.59. The van der Waals surface area contributed by atoms with Gasteiger partial charge in [0.05, 0.1) is 21.0 Å². The molecule has 4 aromatic rings. The fraction of sp³-hybridized carbons (Fsp3) is 0.172. The van der Waals surface area contributed by atoms with Crippen molar-refractivity contribution >= 4 is 11.4 Å². The molecule has 0 saturated heterocycles. The van der Waals surface area contributed by atoms with Crippen molar-refractivity contribution in [3.63, 3.8) is 0 Å². The van der Waals surface area contributed by atoms with Gasteiger partial charge in [0.15, 0.2) is 0 Å². The van der Waals surface area contributed by atoms with Gasteiger partial charge in [0, 0.05) is 23.3 Å².